The first-order chi connectivity index (χ1) is 12.0. The maximum Gasteiger partial charge on any atom is 0.332 e. The Kier molecular flexibility index (Phi) is 4.39. The van der Waals surface area contributed by atoms with Crippen LogP contribution in [0.2, 0.25) is 0 Å². The fraction of sp³-hybridized carbons (Fsp3) is 0.278. The molecule has 0 amide bonds. The van der Waals surface area contributed by atoms with Crippen LogP contribution in [0.4, 0.5) is 4.39 Å². The monoisotopic (exact) mass is 342 g/mol. The molecule has 130 valence electrons. The molecule has 0 aliphatic heterocycles. The minimum absolute atomic E-state index is 0.266. The van der Waals surface area contributed by atoms with Gasteiger partial charge in [0.05, 0.1) is 0 Å². The Balaban J connectivity index is 2.30. The zero-order valence-corrected chi connectivity index (χ0v) is 14.4. The normalized spacial score (nSPS) is 12.1. The Morgan fingerprint density at radius 2 is 1.76 bits per heavy atom. The minimum atomic E-state index is -0.458. The number of nitrogens with zero attached hydrogens (tertiary/aromatic N) is 4. The van der Waals surface area contributed by atoms with Crippen molar-refractivity contribution in [3.05, 3.63) is 62.6 Å². The molecular formula is C18H19FN4O2. The molecule has 6 nitrogen and oxygen atoms in total. The van der Waals surface area contributed by atoms with Gasteiger partial charge in [0.25, 0.3) is 5.56 Å². The molecule has 0 spiro atoms. The molecule has 2 heterocycles. The number of rotatable bonds is 4. The van der Waals surface area contributed by atoms with Gasteiger partial charge in [-0.25, -0.2) is 14.2 Å². The number of benzene rings is 1. The number of hydrogen-bond acceptors (Lipinski definition) is 3. The number of hydrogen-bond donors (Lipinski definition) is 0. The van der Waals surface area contributed by atoms with Gasteiger partial charge in [-0.05, 0) is 13.8 Å². The molecule has 1 aromatic carbocycles. The summed E-state index contributed by atoms with van der Waals surface area (Å²) in [6.07, 6.45) is 1.27. The predicted octanol–water partition coefficient (Wildman–Crippen LogP) is 2.40. The fourth-order valence-electron chi connectivity index (χ4n) is 2.87. The van der Waals surface area contributed by atoms with Crippen LogP contribution >= 0.6 is 0 Å². The van der Waals surface area contributed by atoms with Gasteiger partial charge in [-0.1, -0.05) is 30.3 Å². The first kappa shape index (κ1) is 16.9. The van der Waals surface area contributed by atoms with E-state index in [1.807, 2.05) is 0 Å². The van der Waals surface area contributed by atoms with Crippen molar-refractivity contribution in [1.29, 1.82) is 0 Å². The molecule has 0 unspecified atom stereocenters. The highest BCUT2D eigenvalue weighted by Crippen LogP contribution is 2.20. The van der Waals surface area contributed by atoms with Gasteiger partial charge >= 0.3 is 5.69 Å². The fourth-order valence-corrected chi connectivity index (χ4v) is 2.87. The van der Waals surface area contributed by atoms with Crippen molar-refractivity contribution in [2.75, 3.05) is 0 Å². The highest BCUT2D eigenvalue weighted by molar-refractivity contribution is 5.79. The zero-order valence-electron chi connectivity index (χ0n) is 14.4. The van der Waals surface area contributed by atoms with Gasteiger partial charge in [-0.2, -0.15) is 0 Å². The second-order valence-corrected chi connectivity index (χ2v) is 5.64. The average Bonchev–Trinajstić information content (AvgIpc) is 2.93. The van der Waals surface area contributed by atoms with Crippen molar-refractivity contribution in [3.63, 3.8) is 0 Å². The quantitative estimate of drug-likeness (QED) is 0.731. The lowest BCUT2D eigenvalue weighted by molar-refractivity contribution is 0.604. The summed E-state index contributed by atoms with van der Waals surface area (Å²) in [4.78, 5) is 29.4. The molecule has 0 saturated carbocycles. The van der Waals surface area contributed by atoms with E-state index in [0.29, 0.717) is 12.1 Å². The topological polar surface area (TPSA) is 61.8 Å². The molecule has 0 aliphatic carbocycles. The lowest BCUT2D eigenvalue weighted by atomic mass is 10.2. The van der Waals surface area contributed by atoms with Crippen LogP contribution in [-0.4, -0.2) is 18.7 Å². The summed E-state index contributed by atoms with van der Waals surface area (Å²) >= 11 is 0. The van der Waals surface area contributed by atoms with Crippen LogP contribution in [0.25, 0.3) is 23.1 Å². The number of fused-ring (bicyclic) bond motifs is 1. The van der Waals surface area contributed by atoms with Crippen molar-refractivity contribution in [2.45, 2.75) is 26.9 Å². The highest BCUT2D eigenvalue weighted by atomic mass is 19.1. The summed E-state index contributed by atoms with van der Waals surface area (Å²) in [5.74, 6) is -0.177. The van der Waals surface area contributed by atoms with E-state index in [1.54, 1.807) is 51.2 Å². The first-order valence-electron chi connectivity index (χ1n) is 8.12. The molecule has 0 atom stereocenters. The van der Waals surface area contributed by atoms with Gasteiger partial charge in [-0.3, -0.25) is 13.9 Å². The Hall–Kier alpha value is -2.96. The third-order valence-electron chi connectivity index (χ3n) is 4.21. The van der Waals surface area contributed by atoms with Crippen molar-refractivity contribution in [2.24, 2.45) is 7.05 Å². The summed E-state index contributed by atoms with van der Waals surface area (Å²) in [5, 5.41) is 0. The summed E-state index contributed by atoms with van der Waals surface area (Å²) in [6.45, 7) is 4.18. The van der Waals surface area contributed by atoms with E-state index in [-0.39, 0.29) is 23.5 Å². The maximum atomic E-state index is 14.5. The Bertz CT molecular complexity index is 1070. The van der Waals surface area contributed by atoms with E-state index in [4.69, 9.17) is 0 Å². The van der Waals surface area contributed by atoms with Crippen LogP contribution in [0, 0.1) is 0 Å². The Morgan fingerprint density at radius 1 is 1.12 bits per heavy atom. The highest BCUT2D eigenvalue weighted by Gasteiger charge is 2.18. The van der Waals surface area contributed by atoms with Crippen LogP contribution in [0.5, 0.6) is 0 Å². The molecule has 7 heteroatoms. The van der Waals surface area contributed by atoms with E-state index in [0.717, 1.165) is 4.57 Å². The smallest absolute Gasteiger partial charge is 0.322 e. The van der Waals surface area contributed by atoms with Crippen LogP contribution in [0.3, 0.4) is 0 Å². The minimum Gasteiger partial charge on any atom is -0.322 e. The molecule has 0 saturated heterocycles. The first-order valence-corrected chi connectivity index (χ1v) is 8.12. The van der Waals surface area contributed by atoms with Crippen LogP contribution < -0.4 is 11.2 Å². The van der Waals surface area contributed by atoms with Crippen LogP contribution in [0.1, 0.15) is 25.2 Å². The number of imidazole rings is 1. The number of aryl methyl sites for hydroxylation is 2. The summed E-state index contributed by atoms with van der Waals surface area (Å²) in [6, 6.07) is 8.60. The lowest BCUT2D eigenvalue weighted by Crippen LogP contribution is -2.39. The van der Waals surface area contributed by atoms with E-state index in [2.05, 4.69) is 4.98 Å². The van der Waals surface area contributed by atoms with E-state index in [9.17, 15) is 14.0 Å². The largest absolute Gasteiger partial charge is 0.332 e. The molecule has 0 aliphatic rings. The van der Waals surface area contributed by atoms with E-state index >= 15 is 0 Å². The van der Waals surface area contributed by atoms with Gasteiger partial charge < -0.3 is 4.57 Å². The lowest BCUT2D eigenvalue weighted by Gasteiger charge is -2.08. The van der Waals surface area contributed by atoms with Gasteiger partial charge in [0.15, 0.2) is 11.2 Å². The van der Waals surface area contributed by atoms with Crippen molar-refractivity contribution >= 4 is 23.1 Å². The maximum absolute atomic E-state index is 14.5. The second-order valence-electron chi connectivity index (χ2n) is 5.64. The molecule has 0 bridgehead atoms. The van der Waals surface area contributed by atoms with Crippen LogP contribution in [0.15, 0.2) is 39.9 Å². The molecule has 0 radical (unpaired) electrons. The van der Waals surface area contributed by atoms with Crippen molar-refractivity contribution < 1.29 is 4.39 Å². The summed E-state index contributed by atoms with van der Waals surface area (Å²) in [5.41, 5.74) is 0.169. The predicted molar refractivity (Wildman–Crippen MR) is 96.0 cm³/mol. The van der Waals surface area contributed by atoms with Gasteiger partial charge in [-0.15, -0.1) is 0 Å². The van der Waals surface area contributed by atoms with Gasteiger partial charge in [0.1, 0.15) is 11.7 Å². The number of aromatic nitrogens is 4. The van der Waals surface area contributed by atoms with Gasteiger partial charge in [0, 0.05) is 31.8 Å². The Morgan fingerprint density at radius 3 is 2.36 bits per heavy atom. The van der Waals surface area contributed by atoms with Crippen molar-refractivity contribution in [3.8, 4) is 0 Å². The zero-order chi connectivity index (χ0) is 18.1. The summed E-state index contributed by atoms with van der Waals surface area (Å²) < 4.78 is 18.6. The SMILES string of the molecule is CCn1c(=O)c2c(nc(C=C(F)c3ccccc3)n2C)n(CC)c1=O. The molecule has 3 aromatic rings. The molecule has 0 fully saturated rings. The molecule has 2 aromatic heterocycles. The molecule has 25 heavy (non-hydrogen) atoms. The van der Waals surface area contributed by atoms with E-state index in [1.165, 1.54) is 15.2 Å². The second kappa shape index (κ2) is 6.51. The van der Waals surface area contributed by atoms with Crippen LogP contribution in [-0.2, 0) is 20.1 Å². The van der Waals surface area contributed by atoms with E-state index < -0.39 is 17.1 Å². The standard InChI is InChI=1S/C18H19FN4O2/c1-4-22-16-15(17(24)23(5-2)18(22)25)21(3)14(20-16)11-13(19)12-9-7-6-8-10-12/h6-11H,4-5H2,1-3H3. The molecular weight excluding hydrogens is 323 g/mol. The molecule has 3 rings (SSSR count). The Labute approximate surface area is 143 Å². The third kappa shape index (κ3) is 2.71. The van der Waals surface area contributed by atoms with Gasteiger partial charge in [0.2, 0.25) is 0 Å². The average molecular weight is 342 g/mol. The number of halogens is 1. The molecule has 0 N–H and O–H groups in total. The van der Waals surface area contributed by atoms with Crippen molar-refractivity contribution in [1.82, 2.24) is 18.7 Å². The third-order valence-corrected chi connectivity index (χ3v) is 4.21. The summed E-state index contributed by atoms with van der Waals surface area (Å²) in [7, 11) is 1.64.